The van der Waals surface area contributed by atoms with Crippen molar-refractivity contribution in [2.45, 2.75) is 123 Å². The number of nitrogens with one attached hydrogen (secondary N) is 1. The van der Waals surface area contributed by atoms with Gasteiger partial charge in [0.1, 0.15) is 0 Å². The smallest absolute Gasteiger partial charge is 0.303 e. The van der Waals surface area contributed by atoms with E-state index in [0.29, 0.717) is 18.8 Å². The summed E-state index contributed by atoms with van der Waals surface area (Å²) in [6, 6.07) is -0.245. The molecule has 0 unspecified atom stereocenters. The molecule has 164 valence electrons. The van der Waals surface area contributed by atoms with Gasteiger partial charge in [0.2, 0.25) is 5.78 Å². The summed E-state index contributed by atoms with van der Waals surface area (Å²) >= 11 is 0. The zero-order valence-electron chi connectivity index (χ0n) is 18.4. The van der Waals surface area contributed by atoms with E-state index in [1.807, 2.05) is 13.8 Å². The first-order valence-corrected chi connectivity index (χ1v) is 11.4. The van der Waals surface area contributed by atoms with Gasteiger partial charge >= 0.3 is 5.97 Å². The number of hydrogen-bond donors (Lipinski definition) is 2. The number of carboxylic acid groups (broad SMARTS) is 1. The quantitative estimate of drug-likeness (QED) is 0.218. The van der Waals surface area contributed by atoms with E-state index in [4.69, 9.17) is 5.11 Å². The number of Topliss-reactive ketones (excluding diaryl/α,β-unsaturated/α-hetero) is 1. The van der Waals surface area contributed by atoms with Crippen LogP contribution in [0.5, 0.6) is 0 Å². The number of carbonyl (C=O) groups is 3. The molecule has 2 N–H and O–H groups in total. The van der Waals surface area contributed by atoms with Crippen LogP contribution in [0.4, 0.5) is 0 Å². The lowest BCUT2D eigenvalue weighted by Gasteiger charge is -2.19. The summed E-state index contributed by atoms with van der Waals surface area (Å²) in [6.07, 6.45) is 14.7. The van der Waals surface area contributed by atoms with Crippen LogP contribution in [-0.2, 0) is 14.4 Å². The normalized spacial score (nSPS) is 12.1. The molecule has 0 spiro atoms. The van der Waals surface area contributed by atoms with Crippen LogP contribution < -0.4 is 5.32 Å². The minimum atomic E-state index is -0.879. The second-order valence-electron chi connectivity index (χ2n) is 8.44. The summed E-state index contributed by atoms with van der Waals surface area (Å²) in [7, 11) is 0. The molecule has 0 aliphatic carbocycles. The van der Waals surface area contributed by atoms with Crippen LogP contribution in [-0.4, -0.2) is 28.8 Å². The lowest BCUT2D eigenvalue weighted by atomic mass is 9.99. The Morgan fingerprint density at radius 3 is 1.75 bits per heavy atom. The van der Waals surface area contributed by atoms with Gasteiger partial charge in [0.25, 0.3) is 5.91 Å². The third-order valence-corrected chi connectivity index (χ3v) is 5.06. The van der Waals surface area contributed by atoms with Crippen molar-refractivity contribution in [2.75, 3.05) is 0 Å². The van der Waals surface area contributed by atoms with Crippen molar-refractivity contribution >= 4 is 17.7 Å². The average molecular weight is 398 g/mol. The Morgan fingerprint density at radius 1 is 0.786 bits per heavy atom. The van der Waals surface area contributed by atoms with Gasteiger partial charge in [0.05, 0.1) is 0 Å². The topological polar surface area (TPSA) is 83.5 Å². The molecule has 0 aromatic heterocycles. The average Bonchev–Trinajstić information content (AvgIpc) is 2.63. The first kappa shape index (κ1) is 26.6. The molecule has 0 bridgehead atoms. The molecule has 0 aliphatic heterocycles. The van der Waals surface area contributed by atoms with Crippen molar-refractivity contribution in [3.05, 3.63) is 0 Å². The number of amides is 1. The second-order valence-corrected chi connectivity index (χ2v) is 8.44. The zero-order chi connectivity index (χ0) is 21.2. The van der Waals surface area contributed by atoms with E-state index >= 15 is 0 Å². The molecule has 1 amide bonds. The largest absolute Gasteiger partial charge is 0.481 e. The third-order valence-electron chi connectivity index (χ3n) is 5.06. The van der Waals surface area contributed by atoms with Gasteiger partial charge in [-0.05, 0) is 25.2 Å². The van der Waals surface area contributed by atoms with Gasteiger partial charge in [-0.1, -0.05) is 85.0 Å². The van der Waals surface area contributed by atoms with Crippen molar-refractivity contribution in [1.82, 2.24) is 5.32 Å². The van der Waals surface area contributed by atoms with Crippen LogP contribution in [0.3, 0.4) is 0 Å². The zero-order valence-corrected chi connectivity index (χ0v) is 18.4. The summed E-state index contributed by atoms with van der Waals surface area (Å²) < 4.78 is 0. The maximum atomic E-state index is 12.1. The van der Waals surface area contributed by atoms with E-state index in [-0.39, 0.29) is 24.7 Å². The summed E-state index contributed by atoms with van der Waals surface area (Å²) in [6.45, 7) is 6.28. The van der Waals surface area contributed by atoms with Crippen molar-refractivity contribution in [1.29, 1.82) is 0 Å². The molecule has 0 saturated heterocycles. The molecule has 0 saturated carbocycles. The van der Waals surface area contributed by atoms with Gasteiger partial charge in [-0.15, -0.1) is 0 Å². The lowest BCUT2D eigenvalue weighted by molar-refractivity contribution is -0.139. The summed E-state index contributed by atoms with van der Waals surface area (Å²) in [4.78, 5) is 34.9. The first-order chi connectivity index (χ1) is 13.4. The highest BCUT2D eigenvalue weighted by Gasteiger charge is 2.19. The Labute approximate surface area is 172 Å². The van der Waals surface area contributed by atoms with E-state index in [2.05, 4.69) is 12.2 Å². The molecule has 0 aromatic rings. The number of carboxylic acids is 1. The molecule has 0 radical (unpaired) electrons. The van der Waals surface area contributed by atoms with Gasteiger partial charge in [-0.2, -0.15) is 0 Å². The molecule has 5 heteroatoms. The van der Waals surface area contributed by atoms with Gasteiger partial charge in [-0.25, -0.2) is 0 Å². The fourth-order valence-corrected chi connectivity index (χ4v) is 3.44. The minimum absolute atomic E-state index is 0.00443. The van der Waals surface area contributed by atoms with E-state index in [1.54, 1.807) is 0 Å². The first-order valence-electron chi connectivity index (χ1n) is 11.4. The Bertz CT molecular complexity index is 434. The maximum Gasteiger partial charge on any atom is 0.303 e. The highest BCUT2D eigenvalue weighted by molar-refractivity contribution is 6.36. The molecular weight excluding hydrogens is 354 g/mol. The monoisotopic (exact) mass is 397 g/mol. The van der Waals surface area contributed by atoms with Gasteiger partial charge in [0.15, 0.2) is 0 Å². The summed E-state index contributed by atoms with van der Waals surface area (Å²) in [5, 5.41) is 11.6. The summed E-state index contributed by atoms with van der Waals surface area (Å²) in [5.41, 5.74) is 0. The minimum Gasteiger partial charge on any atom is -0.481 e. The maximum absolute atomic E-state index is 12.1. The number of carbonyl (C=O) groups excluding carboxylic acids is 2. The SMILES string of the molecule is CCCCCCCCCCCCCC(=O)C(=O)N[C@H](CCC(=O)O)CC(C)C. The Morgan fingerprint density at radius 2 is 1.29 bits per heavy atom. The molecule has 5 nitrogen and oxygen atoms in total. The highest BCUT2D eigenvalue weighted by atomic mass is 16.4. The Hall–Kier alpha value is -1.39. The van der Waals surface area contributed by atoms with Gasteiger partial charge in [-0.3, -0.25) is 14.4 Å². The molecule has 0 fully saturated rings. The van der Waals surface area contributed by atoms with E-state index < -0.39 is 11.9 Å². The predicted octanol–water partition coefficient (Wildman–Crippen LogP) is 5.65. The predicted molar refractivity (Wildman–Crippen MR) is 114 cm³/mol. The lowest BCUT2D eigenvalue weighted by Crippen LogP contribution is -2.40. The highest BCUT2D eigenvalue weighted by Crippen LogP contribution is 2.13. The Balaban J connectivity index is 3.83. The Kier molecular flexibility index (Phi) is 16.8. The number of unbranched alkanes of at least 4 members (excludes halogenated alkanes) is 10. The van der Waals surface area contributed by atoms with Crippen LogP contribution in [0, 0.1) is 5.92 Å². The van der Waals surface area contributed by atoms with Gasteiger partial charge < -0.3 is 10.4 Å². The molecule has 0 heterocycles. The van der Waals surface area contributed by atoms with Crippen LogP contribution >= 0.6 is 0 Å². The fraction of sp³-hybridized carbons (Fsp3) is 0.870. The standard InChI is InChI=1S/C23H43NO4/c1-4-5-6-7-8-9-10-11-12-13-14-15-21(25)23(28)24-20(18-19(2)3)16-17-22(26)27/h19-20H,4-18H2,1-3H3,(H,24,28)(H,26,27)/t20-/m1/s1. The van der Waals surface area contributed by atoms with Crippen LogP contribution in [0.1, 0.15) is 117 Å². The molecule has 28 heavy (non-hydrogen) atoms. The molecular formula is C23H43NO4. The van der Waals surface area contributed by atoms with E-state index in [1.165, 1.54) is 51.4 Å². The van der Waals surface area contributed by atoms with Crippen molar-refractivity contribution in [3.63, 3.8) is 0 Å². The second kappa shape index (κ2) is 17.7. The van der Waals surface area contributed by atoms with Crippen LogP contribution in [0.15, 0.2) is 0 Å². The molecule has 0 rings (SSSR count). The molecule has 0 aromatic carbocycles. The van der Waals surface area contributed by atoms with Crippen molar-refractivity contribution in [2.24, 2.45) is 5.92 Å². The van der Waals surface area contributed by atoms with Crippen LogP contribution in [0.2, 0.25) is 0 Å². The van der Waals surface area contributed by atoms with Gasteiger partial charge in [0, 0.05) is 18.9 Å². The fourth-order valence-electron chi connectivity index (χ4n) is 3.44. The third kappa shape index (κ3) is 16.8. The summed E-state index contributed by atoms with van der Waals surface area (Å²) in [5.74, 6) is -1.47. The molecule has 1 atom stereocenters. The van der Waals surface area contributed by atoms with E-state index in [0.717, 1.165) is 19.3 Å². The van der Waals surface area contributed by atoms with Crippen LogP contribution in [0.25, 0.3) is 0 Å². The van der Waals surface area contributed by atoms with E-state index in [9.17, 15) is 14.4 Å². The number of rotatable bonds is 19. The van der Waals surface area contributed by atoms with Crippen molar-refractivity contribution in [3.8, 4) is 0 Å². The number of hydrogen-bond acceptors (Lipinski definition) is 3. The number of aliphatic carboxylic acids is 1. The van der Waals surface area contributed by atoms with Crippen molar-refractivity contribution < 1.29 is 19.5 Å². The molecule has 0 aliphatic rings. The number of ketones is 1.